The van der Waals surface area contributed by atoms with Gasteiger partial charge in [0, 0.05) is 28.2 Å². The second-order valence-corrected chi connectivity index (χ2v) is 7.96. The van der Waals surface area contributed by atoms with Crippen molar-refractivity contribution in [1.82, 2.24) is 4.98 Å². The molecule has 3 nitrogen and oxygen atoms in total. The van der Waals surface area contributed by atoms with Gasteiger partial charge in [0.1, 0.15) is 11.6 Å². The Morgan fingerprint density at radius 3 is 2.59 bits per heavy atom. The molecule has 3 aromatic rings. The fraction of sp³-hybridized carbons (Fsp3) is 0.375. The zero-order valence-electron chi connectivity index (χ0n) is 16.8. The number of aromatic amines is 1. The normalized spacial score (nSPS) is 14.8. The fourth-order valence-corrected chi connectivity index (χ4v) is 4.14. The van der Waals surface area contributed by atoms with Crippen LogP contribution in [0.2, 0.25) is 0 Å². The summed E-state index contributed by atoms with van der Waals surface area (Å²) in [4.78, 5) is 11.4. The number of carbonyl (C=O) groups is 1. The van der Waals surface area contributed by atoms with Crippen LogP contribution in [-0.4, -0.2) is 16.6 Å². The van der Waals surface area contributed by atoms with E-state index in [2.05, 4.69) is 11.9 Å². The third-order valence-corrected chi connectivity index (χ3v) is 6.18. The number of halogens is 2. The number of hydrogen-bond acceptors (Lipinski definition) is 1. The van der Waals surface area contributed by atoms with Gasteiger partial charge in [-0.15, -0.1) is 0 Å². The minimum Gasteiger partial charge on any atom is -0.483 e. The van der Waals surface area contributed by atoms with Crippen molar-refractivity contribution < 1.29 is 18.7 Å². The van der Waals surface area contributed by atoms with Crippen molar-refractivity contribution in [2.75, 3.05) is 0 Å². The Morgan fingerprint density at radius 2 is 1.93 bits per heavy atom. The van der Waals surface area contributed by atoms with Crippen molar-refractivity contribution in [1.29, 1.82) is 0 Å². The van der Waals surface area contributed by atoms with Crippen LogP contribution in [0.4, 0.5) is 8.78 Å². The van der Waals surface area contributed by atoms with Gasteiger partial charge in [-0.05, 0) is 73.1 Å². The zero-order chi connectivity index (χ0) is 21.0. The quantitative estimate of drug-likeness (QED) is 0.482. The van der Waals surface area contributed by atoms with E-state index in [9.17, 15) is 8.78 Å². The lowest BCUT2D eigenvalue weighted by Crippen LogP contribution is -2.20. The molecule has 0 amide bonds. The summed E-state index contributed by atoms with van der Waals surface area (Å²) < 4.78 is 28.1. The minimum atomic E-state index is -0.291. The molecule has 1 fully saturated rings. The molecule has 1 aliphatic rings. The largest absolute Gasteiger partial charge is 0.483 e. The van der Waals surface area contributed by atoms with E-state index in [1.54, 1.807) is 18.3 Å². The van der Waals surface area contributed by atoms with Crippen molar-refractivity contribution >= 4 is 17.4 Å². The standard InChI is InChI=1S/C23H25F2N.CH2O2/c1-14(16-4-3-5-16)6-7-17-11-20(22(25)10-15(17)2)21-13-26-23-12-18(24)8-9-19(21)23;2-1-3/h8-14,16,26H,3-7H2,1-2H3;1H,(H,2,3). The maximum Gasteiger partial charge on any atom is 0.290 e. The molecule has 2 N–H and O–H groups in total. The Morgan fingerprint density at radius 1 is 1.21 bits per heavy atom. The monoisotopic (exact) mass is 399 g/mol. The molecule has 5 heteroatoms. The number of carboxylic acid groups (broad SMARTS) is 1. The number of hydrogen-bond donors (Lipinski definition) is 2. The van der Waals surface area contributed by atoms with Crippen LogP contribution in [0.25, 0.3) is 22.0 Å². The summed E-state index contributed by atoms with van der Waals surface area (Å²) in [7, 11) is 0. The molecule has 0 saturated heterocycles. The van der Waals surface area contributed by atoms with Crippen LogP contribution >= 0.6 is 0 Å². The van der Waals surface area contributed by atoms with Gasteiger partial charge < -0.3 is 10.1 Å². The average Bonchev–Trinajstić information content (AvgIpc) is 3.03. The lowest BCUT2D eigenvalue weighted by molar-refractivity contribution is -0.122. The zero-order valence-corrected chi connectivity index (χ0v) is 16.8. The Bertz CT molecular complexity index is 992. The highest BCUT2D eigenvalue weighted by Crippen LogP contribution is 2.37. The number of rotatable bonds is 5. The molecule has 29 heavy (non-hydrogen) atoms. The molecule has 1 atom stereocenters. The molecule has 1 aliphatic carbocycles. The topological polar surface area (TPSA) is 53.1 Å². The van der Waals surface area contributed by atoms with E-state index in [-0.39, 0.29) is 18.1 Å². The van der Waals surface area contributed by atoms with Crippen molar-refractivity contribution in [2.24, 2.45) is 11.8 Å². The molecule has 2 aromatic carbocycles. The van der Waals surface area contributed by atoms with Gasteiger partial charge >= 0.3 is 0 Å². The first kappa shape index (κ1) is 21.0. The maximum absolute atomic E-state index is 14.7. The van der Waals surface area contributed by atoms with Gasteiger partial charge in [-0.25, -0.2) is 8.78 Å². The van der Waals surface area contributed by atoms with Crippen LogP contribution in [0, 0.1) is 30.4 Å². The number of aryl methyl sites for hydroxylation is 2. The van der Waals surface area contributed by atoms with Crippen LogP contribution in [0.1, 0.15) is 43.7 Å². The lowest BCUT2D eigenvalue weighted by Gasteiger charge is -2.31. The van der Waals surface area contributed by atoms with Crippen LogP contribution < -0.4 is 0 Å². The van der Waals surface area contributed by atoms with Gasteiger partial charge in [-0.3, -0.25) is 4.79 Å². The maximum atomic E-state index is 14.7. The summed E-state index contributed by atoms with van der Waals surface area (Å²) in [6.07, 6.45) is 8.00. The molecule has 1 saturated carbocycles. The first-order valence-corrected chi connectivity index (χ1v) is 10.1. The highest BCUT2D eigenvalue weighted by molar-refractivity contribution is 5.95. The lowest BCUT2D eigenvalue weighted by atomic mass is 9.74. The van der Waals surface area contributed by atoms with E-state index < -0.39 is 0 Å². The van der Waals surface area contributed by atoms with E-state index in [1.807, 2.05) is 13.0 Å². The van der Waals surface area contributed by atoms with Crippen molar-refractivity contribution in [3.63, 3.8) is 0 Å². The van der Waals surface area contributed by atoms with Crippen LogP contribution in [0.5, 0.6) is 0 Å². The van der Waals surface area contributed by atoms with Gasteiger partial charge in [0.05, 0.1) is 0 Å². The van der Waals surface area contributed by atoms with Gasteiger partial charge in [0.25, 0.3) is 6.47 Å². The van der Waals surface area contributed by atoms with Gasteiger partial charge in [0.2, 0.25) is 0 Å². The fourth-order valence-electron chi connectivity index (χ4n) is 4.14. The summed E-state index contributed by atoms with van der Waals surface area (Å²) in [5.41, 5.74) is 4.31. The van der Waals surface area contributed by atoms with Crippen LogP contribution in [0.15, 0.2) is 36.5 Å². The minimum absolute atomic E-state index is 0.219. The van der Waals surface area contributed by atoms with E-state index in [0.29, 0.717) is 11.1 Å². The molecular weight excluding hydrogens is 372 g/mol. The molecule has 1 heterocycles. The molecule has 1 unspecified atom stereocenters. The third kappa shape index (κ3) is 4.66. The van der Waals surface area contributed by atoms with E-state index in [4.69, 9.17) is 9.90 Å². The van der Waals surface area contributed by atoms with Gasteiger partial charge in [0.15, 0.2) is 0 Å². The molecule has 0 bridgehead atoms. The summed E-state index contributed by atoms with van der Waals surface area (Å²) >= 11 is 0. The van der Waals surface area contributed by atoms with Gasteiger partial charge in [-0.2, -0.15) is 0 Å². The Labute approximate surface area is 169 Å². The molecule has 0 radical (unpaired) electrons. The van der Waals surface area contributed by atoms with Crippen LogP contribution in [-0.2, 0) is 11.2 Å². The van der Waals surface area contributed by atoms with E-state index in [0.717, 1.165) is 41.2 Å². The number of nitrogens with one attached hydrogen (secondary N) is 1. The summed E-state index contributed by atoms with van der Waals surface area (Å²) in [6.45, 7) is 4.08. The highest BCUT2D eigenvalue weighted by atomic mass is 19.1. The molecule has 0 spiro atoms. The Kier molecular flexibility index (Phi) is 6.68. The summed E-state index contributed by atoms with van der Waals surface area (Å²) in [5.74, 6) is 1.09. The number of aromatic nitrogens is 1. The second-order valence-electron chi connectivity index (χ2n) is 7.96. The molecule has 154 valence electrons. The second kappa shape index (κ2) is 9.21. The van der Waals surface area contributed by atoms with Crippen molar-refractivity contribution in [3.8, 4) is 11.1 Å². The molecular formula is C24H27F2NO2. The average molecular weight is 399 g/mol. The SMILES string of the molecule is Cc1cc(F)c(-c2c[nH]c3cc(F)ccc23)cc1CCC(C)C1CCC1.O=CO. The van der Waals surface area contributed by atoms with Crippen molar-refractivity contribution in [3.05, 3.63) is 59.3 Å². The summed E-state index contributed by atoms with van der Waals surface area (Å²) in [5, 5.41) is 7.74. The Hall–Kier alpha value is -2.69. The Balaban J connectivity index is 0.000000755. The van der Waals surface area contributed by atoms with Gasteiger partial charge in [-0.1, -0.05) is 26.2 Å². The van der Waals surface area contributed by atoms with Crippen LogP contribution in [0.3, 0.4) is 0 Å². The molecule has 4 rings (SSSR count). The van der Waals surface area contributed by atoms with E-state index in [1.165, 1.54) is 37.0 Å². The number of benzene rings is 2. The predicted octanol–water partition coefficient (Wildman–Crippen LogP) is 6.49. The highest BCUT2D eigenvalue weighted by Gasteiger charge is 2.23. The third-order valence-electron chi connectivity index (χ3n) is 6.18. The first-order valence-electron chi connectivity index (χ1n) is 10.1. The summed E-state index contributed by atoms with van der Waals surface area (Å²) in [6, 6.07) is 8.22. The number of fused-ring (bicyclic) bond motifs is 1. The molecule has 0 aliphatic heterocycles. The van der Waals surface area contributed by atoms with Crippen molar-refractivity contribution in [2.45, 2.75) is 46.0 Å². The number of H-pyrrole nitrogens is 1. The smallest absolute Gasteiger partial charge is 0.290 e. The first-order chi connectivity index (χ1) is 13.9. The van der Waals surface area contributed by atoms with E-state index >= 15 is 0 Å². The molecule has 1 aromatic heterocycles. The predicted molar refractivity (Wildman–Crippen MR) is 112 cm³/mol.